The van der Waals surface area contributed by atoms with Gasteiger partial charge in [0.1, 0.15) is 5.54 Å². The maximum absolute atomic E-state index is 11.8. The largest absolute Gasteiger partial charge is 0.468 e. The van der Waals surface area contributed by atoms with Gasteiger partial charge in [-0.15, -0.1) is 0 Å². The fourth-order valence-corrected chi connectivity index (χ4v) is 2.66. The van der Waals surface area contributed by atoms with Gasteiger partial charge in [0.05, 0.1) is 19.3 Å². The van der Waals surface area contributed by atoms with Crippen LogP contribution in [0.3, 0.4) is 0 Å². The number of hydrogen-bond acceptors (Lipinski definition) is 6. The zero-order chi connectivity index (χ0) is 15.2. The lowest BCUT2D eigenvalue weighted by Crippen LogP contribution is -2.48. The summed E-state index contributed by atoms with van der Waals surface area (Å²) in [6, 6.07) is 0. The summed E-state index contributed by atoms with van der Waals surface area (Å²) in [5.74, 6) is -0.217. The van der Waals surface area contributed by atoms with E-state index in [1.807, 2.05) is 6.92 Å². The summed E-state index contributed by atoms with van der Waals surface area (Å²) in [6.07, 6.45) is 1.92. The third-order valence-electron chi connectivity index (χ3n) is 4.24. The number of likely N-dealkylation sites (tertiary alicyclic amines) is 1. The van der Waals surface area contributed by atoms with Crippen LogP contribution in [0, 0.1) is 0 Å². The van der Waals surface area contributed by atoms with Gasteiger partial charge in [-0.3, -0.25) is 9.69 Å². The number of ether oxygens (including phenoxy) is 3. The second-order valence-corrected chi connectivity index (χ2v) is 5.49. The molecule has 0 aromatic heterocycles. The Kier molecular flexibility index (Phi) is 6.88. The highest BCUT2D eigenvalue weighted by molar-refractivity contribution is 5.80. The average Bonchev–Trinajstić information content (AvgIpc) is 2.88. The standard InChI is InChI=1S/C14H28N2O4/c1-14(15-2,13(17)20-5)7-6-8-16-9-11(18-3)12(10-16)19-4/h11-12,15H,6-10H2,1-5H3. The van der Waals surface area contributed by atoms with Crippen LogP contribution in [0.15, 0.2) is 0 Å². The molecule has 118 valence electrons. The number of hydrogen-bond donors (Lipinski definition) is 1. The van der Waals surface area contributed by atoms with Crippen molar-refractivity contribution in [1.82, 2.24) is 10.2 Å². The van der Waals surface area contributed by atoms with E-state index in [2.05, 4.69) is 10.2 Å². The van der Waals surface area contributed by atoms with Crippen LogP contribution >= 0.6 is 0 Å². The molecule has 0 amide bonds. The second-order valence-electron chi connectivity index (χ2n) is 5.49. The molecule has 0 radical (unpaired) electrons. The van der Waals surface area contributed by atoms with Gasteiger partial charge in [-0.25, -0.2) is 0 Å². The van der Waals surface area contributed by atoms with E-state index < -0.39 is 5.54 Å². The highest BCUT2D eigenvalue weighted by atomic mass is 16.5. The van der Waals surface area contributed by atoms with Gasteiger partial charge in [-0.05, 0) is 33.4 Å². The van der Waals surface area contributed by atoms with Crippen LogP contribution in [0.4, 0.5) is 0 Å². The first-order chi connectivity index (χ1) is 9.50. The fourth-order valence-electron chi connectivity index (χ4n) is 2.66. The Bertz CT molecular complexity index is 302. The molecular weight excluding hydrogens is 260 g/mol. The Morgan fingerprint density at radius 2 is 1.80 bits per heavy atom. The van der Waals surface area contributed by atoms with Gasteiger partial charge >= 0.3 is 5.97 Å². The summed E-state index contributed by atoms with van der Waals surface area (Å²) in [5, 5.41) is 3.05. The smallest absolute Gasteiger partial charge is 0.325 e. The van der Waals surface area contributed by atoms with Gasteiger partial charge in [-0.2, -0.15) is 0 Å². The molecule has 1 aliphatic rings. The van der Waals surface area contributed by atoms with Crippen LogP contribution in [0.5, 0.6) is 0 Å². The SMILES string of the molecule is CNC(C)(CCCN1CC(OC)C(OC)C1)C(=O)OC. The van der Waals surface area contributed by atoms with Crippen molar-refractivity contribution in [3.05, 3.63) is 0 Å². The Morgan fingerprint density at radius 3 is 2.20 bits per heavy atom. The molecule has 1 saturated heterocycles. The number of carbonyl (C=O) groups excluding carboxylic acids is 1. The van der Waals surface area contributed by atoms with Crippen molar-refractivity contribution >= 4 is 5.97 Å². The van der Waals surface area contributed by atoms with E-state index in [-0.39, 0.29) is 18.2 Å². The Labute approximate surface area is 121 Å². The van der Waals surface area contributed by atoms with E-state index in [0.717, 1.165) is 32.5 Å². The molecule has 3 atom stereocenters. The lowest BCUT2D eigenvalue weighted by atomic mass is 9.96. The minimum atomic E-state index is -0.615. The number of esters is 1. The predicted octanol–water partition coefficient (Wildman–Crippen LogP) is 0.263. The first-order valence-corrected chi connectivity index (χ1v) is 7.06. The number of methoxy groups -OCH3 is 3. The highest BCUT2D eigenvalue weighted by Gasteiger charge is 2.35. The molecule has 0 aromatic carbocycles. The monoisotopic (exact) mass is 288 g/mol. The molecule has 1 fully saturated rings. The lowest BCUT2D eigenvalue weighted by Gasteiger charge is -2.27. The van der Waals surface area contributed by atoms with Crippen LogP contribution in [0.1, 0.15) is 19.8 Å². The summed E-state index contributed by atoms with van der Waals surface area (Å²) in [7, 11) is 6.64. The van der Waals surface area contributed by atoms with Crippen molar-refractivity contribution in [3.8, 4) is 0 Å². The molecule has 6 nitrogen and oxygen atoms in total. The van der Waals surface area contributed by atoms with Crippen molar-refractivity contribution in [1.29, 1.82) is 0 Å². The van der Waals surface area contributed by atoms with Gasteiger partial charge in [-0.1, -0.05) is 0 Å². The molecule has 0 spiro atoms. The number of likely N-dealkylation sites (N-methyl/N-ethyl adjacent to an activating group) is 1. The van der Waals surface area contributed by atoms with Gasteiger partial charge in [0.15, 0.2) is 0 Å². The third-order valence-corrected chi connectivity index (χ3v) is 4.24. The second kappa shape index (κ2) is 7.93. The van der Waals surface area contributed by atoms with E-state index in [9.17, 15) is 4.79 Å². The molecule has 0 aromatic rings. The number of nitrogens with one attached hydrogen (secondary N) is 1. The van der Waals surface area contributed by atoms with Crippen LogP contribution < -0.4 is 5.32 Å². The van der Waals surface area contributed by atoms with Gasteiger partial charge in [0.25, 0.3) is 0 Å². The van der Waals surface area contributed by atoms with E-state index in [1.165, 1.54) is 7.11 Å². The van der Waals surface area contributed by atoms with E-state index in [4.69, 9.17) is 14.2 Å². The minimum absolute atomic E-state index is 0.135. The van der Waals surface area contributed by atoms with Crippen molar-refractivity contribution < 1.29 is 19.0 Å². The zero-order valence-electron chi connectivity index (χ0n) is 13.3. The van der Waals surface area contributed by atoms with E-state index >= 15 is 0 Å². The molecular formula is C14H28N2O4. The minimum Gasteiger partial charge on any atom is -0.468 e. The van der Waals surface area contributed by atoms with Crippen LogP contribution in [-0.2, 0) is 19.0 Å². The normalized spacial score (nSPS) is 26.4. The molecule has 0 bridgehead atoms. The lowest BCUT2D eigenvalue weighted by molar-refractivity contribution is -0.148. The molecule has 1 aliphatic heterocycles. The first kappa shape index (κ1) is 17.4. The van der Waals surface area contributed by atoms with Crippen molar-refractivity contribution in [2.45, 2.75) is 37.5 Å². The zero-order valence-corrected chi connectivity index (χ0v) is 13.3. The van der Waals surface area contributed by atoms with Gasteiger partial charge in [0, 0.05) is 27.3 Å². The van der Waals surface area contributed by atoms with Crippen LogP contribution in [0.25, 0.3) is 0 Å². The average molecular weight is 288 g/mol. The summed E-state index contributed by atoms with van der Waals surface area (Å²) in [6.45, 7) is 4.56. The quantitative estimate of drug-likeness (QED) is 0.647. The Hall–Kier alpha value is -0.690. The molecule has 6 heteroatoms. The highest BCUT2D eigenvalue weighted by Crippen LogP contribution is 2.19. The molecule has 1 heterocycles. The first-order valence-electron chi connectivity index (χ1n) is 7.06. The third kappa shape index (κ3) is 4.15. The number of nitrogens with zero attached hydrogens (tertiary/aromatic N) is 1. The Balaban J connectivity index is 2.39. The van der Waals surface area contributed by atoms with Gasteiger partial charge < -0.3 is 19.5 Å². The topological polar surface area (TPSA) is 60.0 Å². The van der Waals surface area contributed by atoms with Crippen LogP contribution in [-0.4, -0.2) is 76.6 Å². The fraction of sp³-hybridized carbons (Fsp3) is 0.929. The Morgan fingerprint density at radius 1 is 1.25 bits per heavy atom. The van der Waals surface area contributed by atoms with E-state index in [1.54, 1.807) is 21.3 Å². The van der Waals surface area contributed by atoms with Gasteiger partial charge in [0.2, 0.25) is 0 Å². The van der Waals surface area contributed by atoms with Crippen molar-refractivity contribution in [3.63, 3.8) is 0 Å². The molecule has 0 aliphatic carbocycles. The number of rotatable bonds is 8. The maximum Gasteiger partial charge on any atom is 0.325 e. The summed E-state index contributed by atoms with van der Waals surface area (Å²) >= 11 is 0. The summed E-state index contributed by atoms with van der Waals surface area (Å²) in [5.41, 5.74) is -0.615. The predicted molar refractivity (Wildman–Crippen MR) is 76.7 cm³/mol. The molecule has 0 saturated carbocycles. The summed E-state index contributed by atoms with van der Waals surface area (Å²) in [4.78, 5) is 14.1. The van der Waals surface area contributed by atoms with E-state index in [0.29, 0.717) is 0 Å². The molecule has 3 unspecified atom stereocenters. The molecule has 20 heavy (non-hydrogen) atoms. The van der Waals surface area contributed by atoms with Crippen molar-refractivity contribution in [2.24, 2.45) is 0 Å². The maximum atomic E-state index is 11.8. The molecule has 1 N–H and O–H groups in total. The van der Waals surface area contributed by atoms with Crippen LogP contribution in [0.2, 0.25) is 0 Å². The summed E-state index contributed by atoms with van der Waals surface area (Å²) < 4.78 is 15.7. The number of carbonyl (C=O) groups is 1. The molecule has 1 rings (SSSR count). The van der Waals surface area contributed by atoms with Crippen molar-refractivity contribution in [2.75, 3.05) is 48.0 Å².